The lowest BCUT2D eigenvalue weighted by molar-refractivity contribution is -0.145. The summed E-state index contributed by atoms with van der Waals surface area (Å²) < 4.78 is 6.16. The number of amidine groups is 1. The van der Waals surface area contributed by atoms with Crippen molar-refractivity contribution in [1.82, 2.24) is 5.32 Å². The van der Waals surface area contributed by atoms with E-state index in [1.165, 1.54) is 0 Å². The first-order valence-corrected chi connectivity index (χ1v) is 10.5. The smallest absolute Gasteiger partial charge is 0.223 e. The number of rotatable bonds is 6. The highest BCUT2D eigenvalue weighted by Crippen LogP contribution is 2.60. The Morgan fingerprint density at radius 2 is 1.93 bits per heavy atom. The van der Waals surface area contributed by atoms with Crippen LogP contribution in [0.15, 0.2) is 35.3 Å². The molecule has 0 saturated heterocycles. The molecule has 6 heteroatoms. The Hall–Kier alpha value is -2.39. The summed E-state index contributed by atoms with van der Waals surface area (Å²) in [5.74, 6) is 1.82. The summed E-state index contributed by atoms with van der Waals surface area (Å²) in [5.41, 5.74) is 5.84. The molecule has 29 heavy (non-hydrogen) atoms. The van der Waals surface area contributed by atoms with Crippen LogP contribution in [0, 0.1) is 34.6 Å². The Kier molecular flexibility index (Phi) is 5.12. The molecule has 2 atom stereocenters. The van der Waals surface area contributed by atoms with Gasteiger partial charge in [-0.3, -0.25) is 4.79 Å². The van der Waals surface area contributed by atoms with E-state index in [2.05, 4.69) is 10.3 Å². The van der Waals surface area contributed by atoms with Gasteiger partial charge in [-0.15, -0.1) is 0 Å². The van der Waals surface area contributed by atoms with Gasteiger partial charge >= 0.3 is 0 Å². The van der Waals surface area contributed by atoms with E-state index in [0.717, 1.165) is 37.7 Å². The zero-order valence-corrected chi connectivity index (χ0v) is 17.2. The molecule has 0 radical (unpaired) electrons. The Bertz CT molecular complexity index is 826. The first-order valence-electron chi connectivity index (χ1n) is 10.5. The zero-order valence-electron chi connectivity index (χ0n) is 17.2. The predicted octanol–water partition coefficient (Wildman–Crippen LogP) is 3.13. The Morgan fingerprint density at radius 1 is 1.28 bits per heavy atom. The molecular weight excluding hydrogens is 364 g/mol. The van der Waals surface area contributed by atoms with E-state index in [4.69, 9.17) is 10.5 Å². The second-order valence-electron chi connectivity index (χ2n) is 9.63. The van der Waals surface area contributed by atoms with Gasteiger partial charge in [0.2, 0.25) is 12.1 Å². The lowest BCUT2D eigenvalue weighted by Gasteiger charge is -2.59. The zero-order chi connectivity index (χ0) is 20.6. The Balaban J connectivity index is 1.48. The van der Waals surface area contributed by atoms with Gasteiger partial charge in [-0.1, -0.05) is 30.3 Å². The molecule has 1 aromatic carbocycles. The molecule has 4 aliphatic rings. The minimum absolute atomic E-state index is 0.132. The van der Waals surface area contributed by atoms with Crippen molar-refractivity contribution < 1.29 is 9.53 Å². The van der Waals surface area contributed by atoms with Crippen LogP contribution < -0.4 is 11.1 Å². The van der Waals surface area contributed by atoms with Crippen LogP contribution >= 0.6 is 0 Å². The topological polar surface area (TPSA) is 100 Å². The third-order valence-electron chi connectivity index (χ3n) is 7.27. The van der Waals surface area contributed by atoms with Crippen molar-refractivity contribution in [2.75, 3.05) is 0 Å². The molecule has 4 bridgehead atoms. The van der Waals surface area contributed by atoms with Gasteiger partial charge in [0.15, 0.2) is 0 Å². The summed E-state index contributed by atoms with van der Waals surface area (Å²) in [7, 11) is 0. The van der Waals surface area contributed by atoms with Crippen molar-refractivity contribution in [2.24, 2.45) is 33.9 Å². The van der Waals surface area contributed by atoms with Gasteiger partial charge in [0.1, 0.15) is 11.4 Å². The maximum absolute atomic E-state index is 12.2. The molecule has 0 heterocycles. The molecule has 0 aliphatic heterocycles. The normalized spacial score (nSPS) is 33.3. The molecule has 5 rings (SSSR count). The van der Waals surface area contributed by atoms with Crippen molar-refractivity contribution in [3.63, 3.8) is 0 Å². The van der Waals surface area contributed by atoms with Crippen molar-refractivity contribution in [3.8, 4) is 6.19 Å². The van der Waals surface area contributed by atoms with Crippen LogP contribution in [-0.2, 0) is 16.1 Å². The average molecular weight is 395 g/mol. The highest BCUT2D eigenvalue weighted by atomic mass is 16.5. The van der Waals surface area contributed by atoms with Crippen LogP contribution in [-0.4, -0.2) is 23.4 Å². The summed E-state index contributed by atoms with van der Waals surface area (Å²) in [5, 5.41) is 12.9. The van der Waals surface area contributed by atoms with Crippen molar-refractivity contribution >= 4 is 11.7 Å². The molecule has 6 nitrogen and oxygen atoms in total. The first-order chi connectivity index (χ1) is 13.8. The number of hydrogen-bond acceptors (Lipinski definition) is 4. The number of carbonyl (C=O) groups excluding carboxylic acids is 1. The fraction of sp³-hybridized carbons (Fsp3) is 0.609. The van der Waals surface area contributed by atoms with Gasteiger partial charge in [-0.05, 0) is 69.3 Å². The molecule has 4 saturated carbocycles. The fourth-order valence-corrected chi connectivity index (χ4v) is 6.02. The fourth-order valence-electron chi connectivity index (χ4n) is 6.02. The molecule has 154 valence electrons. The number of aliphatic imine (C=N–C) groups is 1. The number of hydrogen-bond donors (Lipinski definition) is 2. The number of nitriles is 1. The maximum atomic E-state index is 12.2. The molecule has 0 spiro atoms. The van der Waals surface area contributed by atoms with E-state index < -0.39 is 5.60 Å². The number of nitrogens with two attached hydrogens (primary N) is 1. The van der Waals surface area contributed by atoms with E-state index in [-0.39, 0.29) is 17.4 Å². The molecule has 3 N–H and O–H groups in total. The quantitative estimate of drug-likeness (QED) is 0.440. The van der Waals surface area contributed by atoms with Gasteiger partial charge in [0.25, 0.3) is 0 Å². The lowest BCUT2D eigenvalue weighted by atomic mass is 9.47. The van der Waals surface area contributed by atoms with Crippen LogP contribution in [0.4, 0.5) is 0 Å². The second-order valence-corrected chi connectivity index (χ2v) is 9.63. The number of amides is 1. The number of benzene rings is 1. The monoisotopic (exact) mass is 394 g/mol. The Morgan fingerprint density at radius 3 is 2.52 bits per heavy atom. The number of ether oxygens (including phenoxy) is 1. The third-order valence-corrected chi connectivity index (χ3v) is 7.27. The van der Waals surface area contributed by atoms with Gasteiger partial charge in [0.05, 0.1) is 6.61 Å². The molecule has 4 fully saturated rings. The van der Waals surface area contributed by atoms with Crippen LogP contribution in [0.5, 0.6) is 0 Å². The van der Waals surface area contributed by atoms with Crippen molar-refractivity contribution in [3.05, 3.63) is 35.9 Å². The highest BCUT2D eigenvalue weighted by molar-refractivity contribution is 5.91. The summed E-state index contributed by atoms with van der Waals surface area (Å²) in [6.45, 7) is 4.34. The van der Waals surface area contributed by atoms with Crippen LogP contribution in [0.1, 0.15) is 51.5 Å². The van der Waals surface area contributed by atoms with E-state index in [1.54, 1.807) is 0 Å². The highest BCUT2D eigenvalue weighted by Gasteiger charge is 2.58. The maximum Gasteiger partial charge on any atom is 0.223 e. The van der Waals surface area contributed by atoms with Gasteiger partial charge < -0.3 is 15.8 Å². The molecule has 4 aliphatic carbocycles. The summed E-state index contributed by atoms with van der Waals surface area (Å²) in [4.78, 5) is 16.3. The molecular formula is C23H30N4O2. The largest absolute Gasteiger partial charge is 0.369 e. The van der Waals surface area contributed by atoms with E-state index >= 15 is 0 Å². The van der Waals surface area contributed by atoms with Crippen molar-refractivity contribution in [1.29, 1.82) is 5.26 Å². The first kappa shape index (κ1) is 19.9. The minimum Gasteiger partial charge on any atom is -0.369 e. The summed E-state index contributed by atoms with van der Waals surface area (Å²) >= 11 is 0. The standard InChI is InChI=1S/C23H30N4O2/c1-22(2,29-13-15-6-4-3-5-7-15)21(26-14-24)27-19-17-8-16-9-18(19)12-23(10-16,11-17)20(25)28/h3-7,16-19H,8-13H2,1-2H3,(H2,25,28)(H,26,27). The van der Waals surface area contributed by atoms with Crippen molar-refractivity contribution in [2.45, 2.75) is 64.2 Å². The van der Waals surface area contributed by atoms with Crippen LogP contribution in [0.25, 0.3) is 0 Å². The number of primary amides is 1. The third kappa shape index (κ3) is 3.76. The number of nitrogens with zero attached hydrogens (tertiary/aromatic N) is 2. The Labute approximate surface area is 172 Å². The van der Waals surface area contributed by atoms with E-state index in [1.807, 2.05) is 50.4 Å². The lowest BCUT2D eigenvalue weighted by Crippen LogP contribution is -2.63. The molecule has 1 aromatic rings. The predicted molar refractivity (Wildman–Crippen MR) is 110 cm³/mol. The minimum atomic E-state index is -0.721. The average Bonchev–Trinajstić information content (AvgIpc) is 2.68. The summed E-state index contributed by atoms with van der Waals surface area (Å²) in [6, 6.07) is 10.2. The number of carbonyl (C=O) groups is 1. The summed E-state index contributed by atoms with van der Waals surface area (Å²) in [6.07, 6.45) is 6.82. The van der Waals surface area contributed by atoms with Gasteiger partial charge in [0, 0.05) is 11.5 Å². The van der Waals surface area contributed by atoms with E-state index in [9.17, 15) is 10.1 Å². The number of nitrogens with one attached hydrogen (secondary N) is 1. The van der Waals surface area contributed by atoms with Crippen LogP contribution in [0.2, 0.25) is 0 Å². The second kappa shape index (κ2) is 7.46. The molecule has 2 unspecified atom stereocenters. The SMILES string of the molecule is CC(C)(OCc1ccccc1)/C(=N\C#N)NC1C2CC3CC1CC(C(N)=O)(C3)C2. The van der Waals surface area contributed by atoms with Gasteiger partial charge in [-0.25, -0.2) is 0 Å². The molecule has 1 amide bonds. The van der Waals surface area contributed by atoms with Crippen LogP contribution in [0.3, 0.4) is 0 Å². The van der Waals surface area contributed by atoms with Gasteiger partial charge in [-0.2, -0.15) is 10.3 Å². The molecule has 0 aromatic heterocycles. The van der Waals surface area contributed by atoms with E-state index in [0.29, 0.717) is 30.2 Å².